The van der Waals surface area contributed by atoms with Crippen molar-refractivity contribution in [2.45, 2.75) is 19.8 Å². The molecule has 0 bridgehead atoms. The molecular formula is C26H35N7OS2. The highest BCUT2D eigenvalue weighted by atomic mass is 32.2. The molecule has 2 aromatic heterocycles. The molecular weight excluding hydrogens is 490 g/mol. The van der Waals surface area contributed by atoms with Gasteiger partial charge in [0, 0.05) is 81.0 Å². The Hall–Kier alpha value is -2.30. The molecule has 0 aliphatic carbocycles. The Morgan fingerprint density at radius 1 is 0.917 bits per heavy atom. The number of benzene rings is 1. The summed E-state index contributed by atoms with van der Waals surface area (Å²) in [4.78, 5) is 28.0. The summed E-state index contributed by atoms with van der Waals surface area (Å²) >= 11 is 3.69. The summed E-state index contributed by atoms with van der Waals surface area (Å²) in [6.45, 7) is 9.79. The van der Waals surface area contributed by atoms with E-state index in [9.17, 15) is 4.79 Å². The lowest BCUT2D eigenvalue weighted by Gasteiger charge is -2.37. The minimum atomic E-state index is 0.147. The smallest absolute Gasteiger partial charge is 0.225 e. The van der Waals surface area contributed by atoms with Crippen molar-refractivity contribution in [3.8, 4) is 11.3 Å². The molecule has 3 fully saturated rings. The van der Waals surface area contributed by atoms with Gasteiger partial charge in [-0.3, -0.25) is 4.79 Å². The first-order valence-corrected chi connectivity index (χ1v) is 15.1. The monoisotopic (exact) mass is 525 g/mol. The number of piperidine rings is 1. The summed E-state index contributed by atoms with van der Waals surface area (Å²) in [6.07, 6.45) is 1.80. The third kappa shape index (κ3) is 4.70. The number of imidazole rings is 1. The number of carbonyl (C=O) groups is 1. The van der Waals surface area contributed by atoms with E-state index < -0.39 is 0 Å². The number of aryl methyl sites for hydroxylation is 1. The van der Waals surface area contributed by atoms with Crippen molar-refractivity contribution in [1.82, 2.24) is 24.4 Å². The van der Waals surface area contributed by atoms with Gasteiger partial charge in [0.1, 0.15) is 0 Å². The molecule has 6 rings (SSSR count). The number of carbonyl (C=O) groups excluding carboxylic acids is 1. The average Bonchev–Trinajstić information content (AvgIpc) is 3.49. The second kappa shape index (κ2) is 10.2. The zero-order valence-electron chi connectivity index (χ0n) is 21.2. The van der Waals surface area contributed by atoms with Gasteiger partial charge in [0.2, 0.25) is 16.0 Å². The Morgan fingerprint density at radius 3 is 2.28 bits per heavy atom. The third-order valence-corrected chi connectivity index (χ3v) is 9.78. The van der Waals surface area contributed by atoms with Crippen molar-refractivity contribution in [2.75, 3.05) is 80.7 Å². The number of amides is 1. The second-order valence-corrected chi connectivity index (χ2v) is 12.3. The van der Waals surface area contributed by atoms with E-state index >= 15 is 0 Å². The topological polar surface area (TPSA) is 60.2 Å². The normalized spacial score (nSPS) is 20.4. The summed E-state index contributed by atoms with van der Waals surface area (Å²) in [5, 5.41) is 5.94. The van der Waals surface area contributed by atoms with Crippen molar-refractivity contribution in [3.05, 3.63) is 30.0 Å². The van der Waals surface area contributed by atoms with Gasteiger partial charge in [-0.15, -0.1) is 5.10 Å². The molecule has 5 heterocycles. The van der Waals surface area contributed by atoms with Crippen LogP contribution in [-0.4, -0.2) is 101 Å². The minimum absolute atomic E-state index is 0.147. The van der Waals surface area contributed by atoms with Gasteiger partial charge in [0.05, 0.1) is 11.4 Å². The Morgan fingerprint density at radius 2 is 1.61 bits per heavy atom. The largest absolute Gasteiger partial charge is 0.370 e. The molecule has 0 unspecified atom stereocenters. The van der Waals surface area contributed by atoms with Crippen LogP contribution in [0.5, 0.6) is 0 Å². The number of nitrogens with zero attached hydrogens (tertiary/aromatic N) is 7. The van der Waals surface area contributed by atoms with Crippen LogP contribution < -0.4 is 9.80 Å². The summed E-state index contributed by atoms with van der Waals surface area (Å²) in [5.41, 5.74) is 4.53. The maximum atomic E-state index is 13.0. The molecule has 8 nitrogen and oxygen atoms in total. The summed E-state index contributed by atoms with van der Waals surface area (Å²) in [6, 6.07) is 8.84. The molecule has 0 atom stereocenters. The van der Waals surface area contributed by atoms with E-state index in [1.165, 1.54) is 17.2 Å². The number of aromatic nitrogens is 3. The van der Waals surface area contributed by atoms with Crippen LogP contribution in [0.3, 0.4) is 0 Å². The molecule has 0 N–H and O–H groups in total. The molecule has 0 saturated carbocycles. The summed E-state index contributed by atoms with van der Waals surface area (Å²) in [7, 11) is 2.13. The maximum Gasteiger partial charge on any atom is 0.225 e. The van der Waals surface area contributed by atoms with E-state index in [-0.39, 0.29) is 5.92 Å². The fraction of sp³-hybridized carbons (Fsp3) is 0.577. The molecule has 0 radical (unpaired) electrons. The number of likely N-dealkylation sites (N-methyl/N-ethyl adjacent to an activating group) is 1. The first kappa shape index (κ1) is 24.1. The van der Waals surface area contributed by atoms with E-state index in [4.69, 9.17) is 10.1 Å². The van der Waals surface area contributed by atoms with Gasteiger partial charge >= 0.3 is 0 Å². The number of fused-ring (bicyclic) bond motifs is 1. The predicted octanol–water partition coefficient (Wildman–Crippen LogP) is 3.31. The van der Waals surface area contributed by atoms with Crippen LogP contribution in [-0.2, 0) is 4.79 Å². The lowest BCUT2D eigenvalue weighted by atomic mass is 9.95. The Bertz CT molecular complexity index is 1200. The van der Waals surface area contributed by atoms with Crippen LogP contribution >= 0.6 is 23.1 Å². The van der Waals surface area contributed by atoms with Crippen LogP contribution in [0.4, 0.5) is 10.8 Å². The lowest BCUT2D eigenvalue weighted by Crippen LogP contribution is -2.50. The van der Waals surface area contributed by atoms with Gasteiger partial charge in [-0.05, 0) is 38.9 Å². The van der Waals surface area contributed by atoms with Gasteiger partial charge in [0.25, 0.3) is 0 Å². The molecule has 3 aliphatic rings. The van der Waals surface area contributed by atoms with Crippen LogP contribution in [0.25, 0.3) is 16.2 Å². The molecule has 10 heteroatoms. The minimum Gasteiger partial charge on any atom is -0.370 e. The molecule has 3 saturated heterocycles. The van der Waals surface area contributed by atoms with E-state index in [2.05, 4.69) is 57.8 Å². The molecule has 1 amide bonds. The van der Waals surface area contributed by atoms with Gasteiger partial charge in [0.15, 0.2) is 0 Å². The highest BCUT2D eigenvalue weighted by molar-refractivity contribution is 7.99. The number of rotatable bonds is 4. The van der Waals surface area contributed by atoms with Gasteiger partial charge in [-0.1, -0.05) is 23.5 Å². The quantitative estimate of drug-likeness (QED) is 0.518. The third-order valence-electron chi connectivity index (χ3n) is 7.86. The predicted molar refractivity (Wildman–Crippen MR) is 150 cm³/mol. The fourth-order valence-corrected chi connectivity index (χ4v) is 7.40. The summed E-state index contributed by atoms with van der Waals surface area (Å²) < 4.78 is 1.99. The Kier molecular flexibility index (Phi) is 6.83. The zero-order chi connectivity index (χ0) is 24.6. The van der Waals surface area contributed by atoms with E-state index in [1.54, 1.807) is 11.3 Å². The van der Waals surface area contributed by atoms with Crippen LogP contribution in [0, 0.1) is 12.8 Å². The number of piperazine rings is 1. The highest BCUT2D eigenvalue weighted by Gasteiger charge is 2.31. The molecule has 1 aromatic carbocycles. The Labute approximate surface area is 221 Å². The molecule has 3 aliphatic heterocycles. The van der Waals surface area contributed by atoms with Crippen molar-refractivity contribution >= 4 is 44.8 Å². The van der Waals surface area contributed by atoms with Crippen LogP contribution in [0.15, 0.2) is 24.3 Å². The molecule has 3 aromatic rings. The standard InChI is InChI=1S/C26H35N7OS2/c1-19-23(20-3-5-22(6-4-20)30-15-17-35-18-16-30)27-25-33(19)28-26(36-25)32-9-7-21(8-10-32)24(34)31-13-11-29(2)12-14-31/h3-6,21H,7-18H2,1-2H3. The second-order valence-electron chi connectivity index (χ2n) is 10.2. The number of anilines is 2. The van der Waals surface area contributed by atoms with Crippen LogP contribution in [0.2, 0.25) is 0 Å². The molecule has 36 heavy (non-hydrogen) atoms. The number of thioether (sulfide) groups is 1. The molecule has 0 spiro atoms. The first-order valence-electron chi connectivity index (χ1n) is 13.1. The SMILES string of the molecule is Cc1c(-c2ccc(N3CCSCC3)cc2)nc2sc(N3CCC(C(=O)N4CCN(C)CC4)CC3)nn12. The number of hydrogen-bond acceptors (Lipinski definition) is 8. The molecule has 192 valence electrons. The van der Waals surface area contributed by atoms with E-state index in [1.807, 2.05) is 16.3 Å². The van der Waals surface area contributed by atoms with Gasteiger partial charge in [-0.25, -0.2) is 9.50 Å². The fourth-order valence-electron chi connectivity index (χ4n) is 5.49. The zero-order valence-corrected chi connectivity index (χ0v) is 22.9. The number of hydrogen-bond donors (Lipinski definition) is 0. The maximum absolute atomic E-state index is 13.0. The van der Waals surface area contributed by atoms with Gasteiger partial charge < -0.3 is 19.6 Å². The van der Waals surface area contributed by atoms with E-state index in [0.717, 1.165) is 92.2 Å². The van der Waals surface area contributed by atoms with E-state index in [0.29, 0.717) is 5.91 Å². The average molecular weight is 526 g/mol. The van der Waals surface area contributed by atoms with Crippen molar-refractivity contribution in [3.63, 3.8) is 0 Å². The Balaban J connectivity index is 1.11. The van der Waals surface area contributed by atoms with Crippen molar-refractivity contribution in [2.24, 2.45) is 5.92 Å². The van der Waals surface area contributed by atoms with Crippen LogP contribution in [0.1, 0.15) is 18.5 Å². The highest BCUT2D eigenvalue weighted by Crippen LogP contribution is 2.33. The summed E-state index contributed by atoms with van der Waals surface area (Å²) in [5.74, 6) is 2.91. The van der Waals surface area contributed by atoms with Crippen molar-refractivity contribution in [1.29, 1.82) is 0 Å². The van der Waals surface area contributed by atoms with Crippen molar-refractivity contribution < 1.29 is 4.79 Å². The first-order chi connectivity index (χ1) is 17.6. The van der Waals surface area contributed by atoms with Gasteiger partial charge in [-0.2, -0.15) is 11.8 Å². The lowest BCUT2D eigenvalue weighted by molar-refractivity contribution is -0.137.